The van der Waals surface area contributed by atoms with Crippen molar-refractivity contribution in [3.63, 3.8) is 0 Å². The number of hydrogen-bond donors (Lipinski definition) is 2. The van der Waals surface area contributed by atoms with Crippen LogP contribution in [0.3, 0.4) is 0 Å². The lowest BCUT2D eigenvalue weighted by atomic mass is 9.90. The van der Waals surface area contributed by atoms with Gasteiger partial charge in [-0.1, -0.05) is 82.3 Å². The van der Waals surface area contributed by atoms with Crippen LogP contribution in [0.5, 0.6) is 0 Å². The van der Waals surface area contributed by atoms with E-state index in [1.54, 1.807) is 48.5 Å². The molecule has 0 aliphatic rings. The molecular formula is C16H12Cl5NO2. The molecule has 3 nitrogen and oxygen atoms in total. The van der Waals surface area contributed by atoms with Crippen LogP contribution in [0.1, 0.15) is 17.0 Å². The summed E-state index contributed by atoms with van der Waals surface area (Å²) >= 11 is 28.6. The van der Waals surface area contributed by atoms with Crippen molar-refractivity contribution in [1.29, 1.82) is 0 Å². The van der Waals surface area contributed by atoms with Crippen LogP contribution >= 0.6 is 58.0 Å². The number of benzene rings is 2. The van der Waals surface area contributed by atoms with Gasteiger partial charge in [-0.15, -0.1) is 0 Å². The molecule has 0 aliphatic carbocycles. The van der Waals surface area contributed by atoms with Crippen LogP contribution < -0.4 is 5.32 Å². The number of carbonyl (C=O) groups is 1. The summed E-state index contributed by atoms with van der Waals surface area (Å²) in [5, 5.41) is 13.2. The van der Waals surface area contributed by atoms with E-state index in [1.165, 1.54) is 0 Å². The summed E-state index contributed by atoms with van der Waals surface area (Å²) < 4.78 is -2.04. The molecule has 0 aliphatic heterocycles. The second-order valence-electron chi connectivity index (χ2n) is 4.99. The first-order valence-corrected chi connectivity index (χ1v) is 8.63. The van der Waals surface area contributed by atoms with E-state index in [0.717, 1.165) is 0 Å². The van der Waals surface area contributed by atoms with Crippen LogP contribution in [-0.4, -0.2) is 21.0 Å². The van der Waals surface area contributed by atoms with Crippen LogP contribution in [0.15, 0.2) is 48.5 Å². The maximum Gasteiger partial charge on any atom is 0.234 e. The molecule has 0 aromatic heterocycles. The molecule has 1 unspecified atom stereocenters. The molecule has 128 valence electrons. The lowest BCUT2D eigenvalue weighted by molar-refractivity contribution is -0.124. The molecule has 2 aromatic carbocycles. The van der Waals surface area contributed by atoms with Gasteiger partial charge in [0.1, 0.15) is 0 Å². The zero-order chi connectivity index (χ0) is 17.9. The predicted molar refractivity (Wildman–Crippen MR) is 99.2 cm³/mol. The van der Waals surface area contributed by atoms with Crippen molar-refractivity contribution in [2.45, 2.75) is 15.9 Å². The van der Waals surface area contributed by atoms with Crippen molar-refractivity contribution in [2.24, 2.45) is 0 Å². The van der Waals surface area contributed by atoms with Gasteiger partial charge < -0.3 is 10.4 Å². The Morgan fingerprint density at radius 1 is 0.875 bits per heavy atom. The number of nitrogens with one attached hydrogen (secondary N) is 1. The lowest BCUT2D eigenvalue weighted by Crippen LogP contribution is -2.45. The fraction of sp³-hybridized carbons (Fsp3) is 0.188. The van der Waals surface area contributed by atoms with Gasteiger partial charge >= 0.3 is 0 Å². The van der Waals surface area contributed by atoms with E-state index in [4.69, 9.17) is 58.0 Å². The number of aliphatic hydroxyl groups is 1. The number of aliphatic hydroxyl groups excluding tert-OH is 1. The predicted octanol–water partition coefficient (Wildman–Crippen LogP) is 4.93. The van der Waals surface area contributed by atoms with Gasteiger partial charge in [-0.25, -0.2) is 0 Å². The van der Waals surface area contributed by atoms with Crippen LogP contribution in [0.2, 0.25) is 10.0 Å². The molecule has 0 spiro atoms. The molecule has 0 saturated carbocycles. The summed E-state index contributed by atoms with van der Waals surface area (Å²) in [4.78, 5) is 12.7. The van der Waals surface area contributed by atoms with E-state index in [2.05, 4.69) is 5.32 Å². The topological polar surface area (TPSA) is 49.3 Å². The molecule has 0 radical (unpaired) electrons. The molecule has 2 N–H and O–H groups in total. The zero-order valence-corrected chi connectivity index (χ0v) is 15.8. The van der Waals surface area contributed by atoms with E-state index in [9.17, 15) is 9.90 Å². The maximum atomic E-state index is 12.7. The van der Waals surface area contributed by atoms with Gasteiger partial charge in [-0.3, -0.25) is 4.79 Å². The third kappa shape index (κ3) is 5.16. The highest BCUT2D eigenvalue weighted by Gasteiger charge is 2.34. The highest BCUT2D eigenvalue weighted by molar-refractivity contribution is 6.68. The Morgan fingerprint density at radius 2 is 1.25 bits per heavy atom. The van der Waals surface area contributed by atoms with Gasteiger partial charge in [0.15, 0.2) is 6.23 Å². The second-order valence-corrected chi connectivity index (χ2v) is 8.23. The number of alkyl halides is 3. The molecule has 24 heavy (non-hydrogen) atoms. The zero-order valence-electron chi connectivity index (χ0n) is 12.0. The quantitative estimate of drug-likeness (QED) is 0.537. The Hall–Kier alpha value is -0.680. The number of carbonyl (C=O) groups excluding carboxylic acids is 1. The minimum Gasteiger partial charge on any atom is -0.369 e. The molecule has 0 fully saturated rings. The number of hydrogen-bond acceptors (Lipinski definition) is 2. The summed E-state index contributed by atoms with van der Waals surface area (Å²) in [6, 6.07) is 13.5. The van der Waals surface area contributed by atoms with Crippen molar-refractivity contribution < 1.29 is 9.90 Å². The smallest absolute Gasteiger partial charge is 0.234 e. The standard InChI is InChI=1S/C16H12Cl5NO2/c17-11-5-1-9(2-6-11)13(10-3-7-12(18)8-4-10)14(23)22-15(24)16(19,20)21/h1-8,13,15,24H,(H,22,23). The van der Waals surface area contributed by atoms with Gasteiger partial charge in [-0.05, 0) is 35.4 Å². The normalized spacial score (nSPS) is 13.0. The number of rotatable bonds is 4. The van der Waals surface area contributed by atoms with Gasteiger partial charge in [0, 0.05) is 10.0 Å². The maximum absolute atomic E-state index is 12.7. The van der Waals surface area contributed by atoms with E-state index >= 15 is 0 Å². The fourth-order valence-corrected chi connectivity index (χ4v) is 2.52. The minimum atomic E-state index is -2.04. The molecule has 0 heterocycles. The molecule has 8 heteroatoms. The molecular weight excluding hydrogens is 415 g/mol. The molecule has 1 amide bonds. The van der Waals surface area contributed by atoms with E-state index in [-0.39, 0.29) is 0 Å². The van der Waals surface area contributed by atoms with Crippen LogP contribution in [0, 0.1) is 0 Å². The van der Waals surface area contributed by atoms with Crippen LogP contribution in [0.4, 0.5) is 0 Å². The largest absolute Gasteiger partial charge is 0.369 e. The molecule has 2 aromatic rings. The summed E-state index contributed by atoms with van der Waals surface area (Å²) in [6.45, 7) is 0. The Labute approximate surface area is 164 Å². The Kier molecular flexibility index (Phi) is 6.66. The summed E-state index contributed by atoms with van der Waals surface area (Å²) in [5.74, 6) is -1.26. The third-order valence-corrected chi connectivity index (χ3v) is 4.38. The average molecular weight is 428 g/mol. The summed E-state index contributed by atoms with van der Waals surface area (Å²) in [5.41, 5.74) is 1.33. The second kappa shape index (κ2) is 8.13. The van der Waals surface area contributed by atoms with E-state index in [0.29, 0.717) is 21.2 Å². The molecule has 2 rings (SSSR count). The van der Waals surface area contributed by atoms with Crippen LogP contribution in [0.25, 0.3) is 0 Å². The Morgan fingerprint density at radius 3 is 1.58 bits per heavy atom. The van der Waals surface area contributed by atoms with E-state index in [1.807, 2.05) is 0 Å². The first-order valence-electron chi connectivity index (χ1n) is 6.74. The van der Waals surface area contributed by atoms with Crippen molar-refractivity contribution in [2.75, 3.05) is 0 Å². The van der Waals surface area contributed by atoms with Crippen molar-refractivity contribution in [3.05, 3.63) is 69.7 Å². The lowest BCUT2D eigenvalue weighted by Gasteiger charge is -2.24. The molecule has 0 bridgehead atoms. The van der Waals surface area contributed by atoms with Gasteiger partial charge in [0.05, 0.1) is 5.92 Å². The monoisotopic (exact) mass is 425 g/mol. The molecule has 0 saturated heterocycles. The first-order chi connectivity index (χ1) is 11.2. The fourth-order valence-electron chi connectivity index (χ4n) is 2.11. The highest BCUT2D eigenvalue weighted by atomic mass is 35.6. The first kappa shape index (κ1) is 19.6. The van der Waals surface area contributed by atoms with Crippen LogP contribution in [-0.2, 0) is 4.79 Å². The van der Waals surface area contributed by atoms with Crippen molar-refractivity contribution >= 4 is 63.9 Å². The summed E-state index contributed by atoms with van der Waals surface area (Å²) in [6.07, 6.45) is -1.66. The third-order valence-electron chi connectivity index (χ3n) is 3.26. The van der Waals surface area contributed by atoms with E-state index < -0.39 is 21.8 Å². The number of amides is 1. The highest BCUT2D eigenvalue weighted by Crippen LogP contribution is 2.31. The van der Waals surface area contributed by atoms with Gasteiger partial charge in [0.25, 0.3) is 0 Å². The average Bonchev–Trinajstić information content (AvgIpc) is 2.50. The number of halogens is 5. The van der Waals surface area contributed by atoms with Gasteiger partial charge in [0.2, 0.25) is 9.70 Å². The summed E-state index contributed by atoms with van der Waals surface area (Å²) in [7, 11) is 0. The molecule has 1 atom stereocenters. The Bertz CT molecular complexity index is 652. The van der Waals surface area contributed by atoms with Gasteiger partial charge in [-0.2, -0.15) is 0 Å². The SMILES string of the molecule is O=C(NC(O)C(Cl)(Cl)Cl)C(c1ccc(Cl)cc1)c1ccc(Cl)cc1. The Balaban J connectivity index is 2.37. The van der Waals surface area contributed by atoms with Crippen molar-refractivity contribution in [1.82, 2.24) is 5.32 Å². The van der Waals surface area contributed by atoms with Crippen molar-refractivity contribution in [3.8, 4) is 0 Å². The minimum absolute atomic E-state index is 0.529.